The lowest BCUT2D eigenvalue weighted by Gasteiger charge is -2.21. The number of piperidine rings is 1. The van der Waals surface area contributed by atoms with E-state index in [2.05, 4.69) is 10.6 Å². The first kappa shape index (κ1) is 12.9. The fourth-order valence-corrected chi connectivity index (χ4v) is 1.38. The third kappa shape index (κ3) is 4.49. The van der Waals surface area contributed by atoms with Gasteiger partial charge in [0, 0.05) is 19.4 Å². The number of hydrogen-bond donors (Lipinski definition) is 4. The zero-order chi connectivity index (χ0) is 12.8. The molecule has 0 bridgehead atoms. The molecule has 4 amide bonds. The summed E-state index contributed by atoms with van der Waals surface area (Å²) in [7, 11) is 0. The zero-order valence-corrected chi connectivity index (χ0v) is 8.99. The van der Waals surface area contributed by atoms with Gasteiger partial charge in [-0.2, -0.15) is 0 Å². The molecule has 0 aromatic heterocycles. The van der Waals surface area contributed by atoms with E-state index in [9.17, 15) is 19.2 Å². The Morgan fingerprint density at radius 1 is 1.41 bits per heavy atom. The summed E-state index contributed by atoms with van der Waals surface area (Å²) in [5, 5.41) is 14.8. The number of nitrogens with one attached hydrogen (secondary N) is 3. The number of hydrogen-bond acceptors (Lipinski definition) is 4. The first-order valence-corrected chi connectivity index (χ1v) is 5.09. The third-order valence-corrected chi connectivity index (χ3v) is 2.20. The maximum absolute atomic E-state index is 11.3. The Bertz CT molecular complexity index is 355. The fraction of sp³-hybridized carbons (Fsp3) is 0.556. The van der Waals surface area contributed by atoms with Crippen LogP contribution < -0.4 is 16.0 Å². The summed E-state index contributed by atoms with van der Waals surface area (Å²) in [4.78, 5) is 43.5. The number of rotatable bonds is 4. The molecule has 0 aliphatic carbocycles. The van der Waals surface area contributed by atoms with Crippen molar-refractivity contribution in [2.24, 2.45) is 0 Å². The summed E-state index contributed by atoms with van der Waals surface area (Å²) >= 11 is 0. The molecule has 0 saturated carbocycles. The van der Waals surface area contributed by atoms with Gasteiger partial charge in [-0.3, -0.25) is 19.7 Å². The Morgan fingerprint density at radius 2 is 2.12 bits per heavy atom. The highest BCUT2D eigenvalue weighted by atomic mass is 16.4. The Hall–Kier alpha value is -2.12. The van der Waals surface area contributed by atoms with Crippen LogP contribution >= 0.6 is 0 Å². The molecule has 1 aliphatic heterocycles. The maximum Gasteiger partial charge on any atom is 0.404 e. The van der Waals surface area contributed by atoms with E-state index in [1.54, 1.807) is 0 Å². The molecule has 1 saturated heterocycles. The summed E-state index contributed by atoms with van der Waals surface area (Å²) < 4.78 is 0. The van der Waals surface area contributed by atoms with Crippen LogP contribution in [0.25, 0.3) is 0 Å². The molecule has 0 aromatic rings. The van der Waals surface area contributed by atoms with Crippen LogP contribution in [0.3, 0.4) is 0 Å². The summed E-state index contributed by atoms with van der Waals surface area (Å²) in [5.74, 6) is -1.32. The van der Waals surface area contributed by atoms with Crippen molar-refractivity contribution in [3.63, 3.8) is 0 Å². The van der Waals surface area contributed by atoms with Crippen molar-refractivity contribution >= 4 is 23.8 Å². The molecule has 8 heteroatoms. The second-order valence-electron chi connectivity index (χ2n) is 3.55. The molecule has 0 radical (unpaired) electrons. The summed E-state index contributed by atoms with van der Waals surface area (Å²) in [6.45, 7) is -0.0194. The molecular weight excluding hydrogens is 230 g/mol. The molecule has 17 heavy (non-hydrogen) atoms. The van der Waals surface area contributed by atoms with Crippen molar-refractivity contribution in [3.05, 3.63) is 0 Å². The standard InChI is InChI=1S/C9H13N3O5/c13-6-2-1-5(8(15)12-6)11-7(14)3-4-10-9(16)17/h5,10H,1-4H2,(H,11,14)(H,16,17)(H,12,13,15). The van der Waals surface area contributed by atoms with Crippen LogP contribution in [0.15, 0.2) is 0 Å². The topological polar surface area (TPSA) is 125 Å². The third-order valence-electron chi connectivity index (χ3n) is 2.20. The first-order valence-electron chi connectivity index (χ1n) is 5.09. The minimum absolute atomic E-state index is 0.0194. The van der Waals surface area contributed by atoms with Crippen LogP contribution in [0.4, 0.5) is 4.79 Å². The van der Waals surface area contributed by atoms with Crippen molar-refractivity contribution in [3.8, 4) is 0 Å². The number of carbonyl (C=O) groups is 4. The van der Waals surface area contributed by atoms with Crippen molar-refractivity contribution in [1.29, 1.82) is 0 Å². The van der Waals surface area contributed by atoms with Crippen LogP contribution in [0.2, 0.25) is 0 Å². The van der Waals surface area contributed by atoms with Gasteiger partial charge in [0.25, 0.3) is 0 Å². The highest BCUT2D eigenvalue weighted by molar-refractivity contribution is 6.01. The highest BCUT2D eigenvalue weighted by Gasteiger charge is 2.27. The Kier molecular flexibility index (Phi) is 4.44. The lowest BCUT2D eigenvalue weighted by atomic mass is 10.1. The van der Waals surface area contributed by atoms with Gasteiger partial charge in [0.15, 0.2) is 0 Å². The predicted octanol–water partition coefficient (Wildman–Crippen LogP) is -1.43. The van der Waals surface area contributed by atoms with Gasteiger partial charge in [0.1, 0.15) is 6.04 Å². The molecule has 1 heterocycles. The average Bonchev–Trinajstić information content (AvgIpc) is 2.21. The van der Waals surface area contributed by atoms with Gasteiger partial charge in [0.05, 0.1) is 0 Å². The highest BCUT2D eigenvalue weighted by Crippen LogP contribution is 2.04. The van der Waals surface area contributed by atoms with E-state index in [0.717, 1.165) is 0 Å². The second-order valence-corrected chi connectivity index (χ2v) is 3.55. The molecule has 1 atom stereocenters. The van der Waals surface area contributed by atoms with Gasteiger partial charge in [-0.1, -0.05) is 0 Å². The molecule has 0 aromatic carbocycles. The smallest absolute Gasteiger partial charge is 0.404 e. The summed E-state index contributed by atoms with van der Waals surface area (Å²) in [5.41, 5.74) is 0. The molecule has 1 rings (SSSR count). The van der Waals surface area contributed by atoms with Gasteiger partial charge in [-0.25, -0.2) is 4.79 Å². The quantitative estimate of drug-likeness (QED) is 0.450. The van der Waals surface area contributed by atoms with Gasteiger partial charge in [-0.15, -0.1) is 0 Å². The Morgan fingerprint density at radius 3 is 2.71 bits per heavy atom. The van der Waals surface area contributed by atoms with Crippen molar-refractivity contribution < 1.29 is 24.3 Å². The zero-order valence-electron chi connectivity index (χ0n) is 8.99. The van der Waals surface area contributed by atoms with Crippen LogP contribution in [0.1, 0.15) is 19.3 Å². The first-order chi connectivity index (χ1) is 7.99. The minimum Gasteiger partial charge on any atom is -0.465 e. The van der Waals surface area contributed by atoms with Gasteiger partial charge in [-0.05, 0) is 6.42 Å². The van der Waals surface area contributed by atoms with Gasteiger partial charge in [0.2, 0.25) is 17.7 Å². The Labute approximate surface area is 96.7 Å². The largest absolute Gasteiger partial charge is 0.465 e. The number of amides is 4. The van der Waals surface area contributed by atoms with E-state index < -0.39 is 23.9 Å². The van der Waals surface area contributed by atoms with Crippen molar-refractivity contribution in [1.82, 2.24) is 16.0 Å². The van der Waals surface area contributed by atoms with Crippen LogP contribution in [0, 0.1) is 0 Å². The van der Waals surface area contributed by atoms with Crippen LogP contribution in [-0.4, -0.2) is 41.5 Å². The lowest BCUT2D eigenvalue weighted by Crippen LogP contribution is -2.52. The average molecular weight is 243 g/mol. The Balaban J connectivity index is 2.28. The van der Waals surface area contributed by atoms with E-state index in [-0.39, 0.29) is 31.7 Å². The van der Waals surface area contributed by atoms with E-state index >= 15 is 0 Å². The second kappa shape index (κ2) is 5.83. The van der Waals surface area contributed by atoms with E-state index in [4.69, 9.17) is 5.11 Å². The van der Waals surface area contributed by atoms with E-state index in [1.165, 1.54) is 0 Å². The molecule has 1 aliphatic rings. The van der Waals surface area contributed by atoms with Crippen molar-refractivity contribution in [2.45, 2.75) is 25.3 Å². The molecule has 8 nitrogen and oxygen atoms in total. The number of carbonyl (C=O) groups excluding carboxylic acids is 3. The van der Waals surface area contributed by atoms with Gasteiger partial charge >= 0.3 is 6.09 Å². The predicted molar refractivity (Wildman–Crippen MR) is 55.0 cm³/mol. The lowest BCUT2D eigenvalue weighted by molar-refractivity contribution is -0.137. The number of carboxylic acid groups (broad SMARTS) is 1. The fourth-order valence-electron chi connectivity index (χ4n) is 1.38. The van der Waals surface area contributed by atoms with E-state index in [0.29, 0.717) is 0 Å². The summed E-state index contributed by atoms with van der Waals surface area (Å²) in [6.07, 6.45) is -0.810. The van der Waals surface area contributed by atoms with Crippen LogP contribution in [-0.2, 0) is 14.4 Å². The maximum atomic E-state index is 11.3. The molecule has 1 fully saturated rings. The molecular formula is C9H13N3O5. The molecule has 1 unspecified atom stereocenters. The SMILES string of the molecule is O=C(O)NCCC(=O)NC1CCC(=O)NC1=O. The molecule has 0 spiro atoms. The van der Waals surface area contributed by atoms with Crippen molar-refractivity contribution in [2.75, 3.05) is 6.54 Å². The minimum atomic E-state index is -1.21. The molecule has 4 N–H and O–H groups in total. The van der Waals surface area contributed by atoms with Crippen LogP contribution in [0.5, 0.6) is 0 Å². The summed E-state index contributed by atoms with van der Waals surface area (Å²) in [6, 6.07) is -0.718. The normalized spacial score (nSPS) is 19.4. The monoisotopic (exact) mass is 243 g/mol. The van der Waals surface area contributed by atoms with E-state index in [1.807, 2.05) is 5.32 Å². The molecule has 94 valence electrons. The van der Waals surface area contributed by atoms with Gasteiger partial charge < -0.3 is 15.7 Å². The number of imide groups is 1.